The first-order valence-corrected chi connectivity index (χ1v) is 9.13. The van der Waals surface area contributed by atoms with Crippen LogP contribution in [0, 0.1) is 5.82 Å². The lowest BCUT2D eigenvalue weighted by atomic mass is 10.2. The van der Waals surface area contributed by atoms with Crippen molar-refractivity contribution < 1.29 is 13.9 Å². The summed E-state index contributed by atoms with van der Waals surface area (Å²) in [6.45, 7) is 1.82. The summed E-state index contributed by atoms with van der Waals surface area (Å²) in [7, 11) is 0. The Labute approximate surface area is 150 Å². The van der Waals surface area contributed by atoms with Crippen molar-refractivity contribution in [1.82, 2.24) is 4.90 Å². The average Bonchev–Trinajstić information content (AvgIpc) is 3.04. The Hall–Kier alpha value is -2.34. The minimum absolute atomic E-state index is 0.0733. The maximum absolute atomic E-state index is 13.6. The maximum atomic E-state index is 13.6. The molecule has 2 aromatic rings. The molecule has 1 aliphatic heterocycles. The van der Waals surface area contributed by atoms with Gasteiger partial charge in [0.2, 0.25) is 0 Å². The van der Waals surface area contributed by atoms with Crippen LogP contribution in [0.25, 0.3) is 0 Å². The minimum Gasteiger partial charge on any atom is -0.481 e. The number of ether oxygens (including phenoxy) is 1. The molecule has 1 heterocycles. The highest BCUT2D eigenvalue weighted by molar-refractivity contribution is 8.14. The highest BCUT2D eigenvalue weighted by Crippen LogP contribution is 2.29. The Bertz CT molecular complexity index is 767. The second kappa shape index (κ2) is 8.16. The molecule has 130 valence electrons. The van der Waals surface area contributed by atoms with Crippen LogP contribution in [0.5, 0.6) is 5.75 Å². The average molecular weight is 358 g/mol. The lowest BCUT2D eigenvalue weighted by molar-refractivity contribution is -0.130. The van der Waals surface area contributed by atoms with Crippen LogP contribution >= 0.6 is 11.8 Å². The van der Waals surface area contributed by atoms with Gasteiger partial charge in [-0.2, -0.15) is 0 Å². The third-order valence-corrected chi connectivity index (χ3v) is 4.98. The summed E-state index contributed by atoms with van der Waals surface area (Å²) in [5, 5.41) is 0.667. The highest BCUT2D eigenvalue weighted by Gasteiger charge is 2.34. The molecule has 0 spiro atoms. The standard InChI is InChI=1S/C19H19FN2O2S/c1-2-15-13-25-19(21-14-8-4-3-5-9-14)22(15)18(23)12-24-17-11-7-6-10-16(17)20/h3-11,15H,2,12-13H2,1H3/t15-/m0/s1. The third kappa shape index (κ3) is 4.20. The predicted molar refractivity (Wildman–Crippen MR) is 98.8 cm³/mol. The molecule has 3 rings (SSSR count). The van der Waals surface area contributed by atoms with Crippen LogP contribution in [0.2, 0.25) is 0 Å². The van der Waals surface area contributed by atoms with E-state index in [9.17, 15) is 9.18 Å². The molecule has 25 heavy (non-hydrogen) atoms. The van der Waals surface area contributed by atoms with E-state index in [1.807, 2.05) is 37.3 Å². The van der Waals surface area contributed by atoms with Crippen LogP contribution < -0.4 is 4.74 Å². The lowest BCUT2D eigenvalue weighted by Crippen LogP contribution is -2.41. The highest BCUT2D eigenvalue weighted by atomic mass is 32.2. The van der Waals surface area contributed by atoms with Crippen LogP contribution in [0.15, 0.2) is 59.6 Å². The molecule has 0 saturated carbocycles. The van der Waals surface area contributed by atoms with Crippen LogP contribution in [0.3, 0.4) is 0 Å². The van der Waals surface area contributed by atoms with Gasteiger partial charge in [0.25, 0.3) is 5.91 Å². The quantitative estimate of drug-likeness (QED) is 0.802. The summed E-state index contributed by atoms with van der Waals surface area (Å²) in [5.41, 5.74) is 0.801. The van der Waals surface area contributed by atoms with E-state index < -0.39 is 5.82 Å². The number of halogens is 1. The van der Waals surface area contributed by atoms with E-state index in [0.29, 0.717) is 5.17 Å². The van der Waals surface area contributed by atoms with E-state index in [4.69, 9.17) is 4.74 Å². The number of aliphatic imine (C=N–C) groups is 1. The maximum Gasteiger partial charge on any atom is 0.266 e. The van der Waals surface area contributed by atoms with Gasteiger partial charge in [-0.25, -0.2) is 9.38 Å². The van der Waals surface area contributed by atoms with Crippen molar-refractivity contribution in [1.29, 1.82) is 0 Å². The van der Waals surface area contributed by atoms with Crippen molar-refractivity contribution in [3.05, 3.63) is 60.4 Å². The Kier molecular flexibility index (Phi) is 5.71. The van der Waals surface area contributed by atoms with Crippen LogP contribution in [0.1, 0.15) is 13.3 Å². The summed E-state index contributed by atoms with van der Waals surface area (Å²) in [4.78, 5) is 18.9. The fraction of sp³-hybridized carbons (Fsp3) is 0.263. The van der Waals surface area contributed by atoms with Gasteiger partial charge >= 0.3 is 0 Å². The van der Waals surface area contributed by atoms with Gasteiger partial charge in [-0.15, -0.1) is 0 Å². The molecular formula is C19H19FN2O2S. The van der Waals surface area contributed by atoms with Gasteiger partial charge < -0.3 is 4.74 Å². The number of benzene rings is 2. The summed E-state index contributed by atoms with van der Waals surface area (Å²) in [6.07, 6.45) is 0.826. The smallest absolute Gasteiger partial charge is 0.266 e. The second-order valence-electron chi connectivity index (χ2n) is 5.59. The summed E-state index contributed by atoms with van der Waals surface area (Å²) in [5.74, 6) is 0.191. The number of carbonyl (C=O) groups excluding carboxylic acids is 1. The predicted octanol–water partition coefficient (Wildman–Crippen LogP) is 4.25. The monoisotopic (exact) mass is 358 g/mol. The van der Waals surface area contributed by atoms with Gasteiger partial charge in [0, 0.05) is 11.8 Å². The number of hydrogen-bond donors (Lipinski definition) is 0. The van der Waals surface area contributed by atoms with E-state index in [0.717, 1.165) is 17.9 Å². The SMILES string of the molecule is CC[C@H]1CSC(=Nc2ccccc2)N1C(=O)COc1ccccc1F. The Morgan fingerprint density at radius 1 is 1.24 bits per heavy atom. The summed E-state index contributed by atoms with van der Waals surface area (Å²) in [6, 6.07) is 15.7. The third-order valence-electron chi connectivity index (χ3n) is 3.88. The fourth-order valence-electron chi connectivity index (χ4n) is 2.55. The van der Waals surface area contributed by atoms with Gasteiger partial charge in [-0.3, -0.25) is 9.69 Å². The van der Waals surface area contributed by atoms with E-state index in [1.54, 1.807) is 28.8 Å². The van der Waals surface area contributed by atoms with Gasteiger partial charge in [-0.05, 0) is 30.7 Å². The Morgan fingerprint density at radius 2 is 1.96 bits per heavy atom. The zero-order valence-electron chi connectivity index (χ0n) is 13.9. The van der Waals surface area contributed by atoms with Crippen molar-refractivity contribution in [2.75, 3.05) is 12.4 Å². The molecule has 0 aliphatic carbocycles. The molecule has 0 unspecified atom stereocenters. The number of rotatable bonds is 5. The first kappa shape index (κ1) is 17.5. The van der Waals surface area contributed by atoms with E-state index in [-0.39, 0.29) is 24.3 Å². The van der Waals surface area contributed by atoms with Gasteiger partial charge in [-0.1, -0.05) is 49.0 Å². The molecule has 1 fully saturated rings. The van der Waals surface area contributed by atoms with Crippen LogP contribution in [-0.4, -0.2) is 34.4 Å². The number of carbonyl (C=O) groups is 1. The molecular weight excluding hydrogens is 339 g/mol. The molecule has 6 heteroatoms. The topological polar surface area (TPSA) is 41.9 Å². The molecule has 0 N–H and O–H groups in total. The van der Waals surface area contributed by atoms with Crippen molar-refractivity contribution in [2.45, 2.75) is 19.4 Å². The normalized spacial score (nSPS) is 18.6. The number of hydrogen-bond acceptors (Lipinski definition) is 4. The zero-order chi connectivity index (χ0) is 17.6. The van der Waals surface area contributed by atoms with Crippen molar-refractivity contribution >= 4 is 28.5 Å². The molecule has 0 bridgehead atoms. The Morgan fingerprint density at radius 3 is 2.68 bits per heavy atom. The van der Waals surface area contributed by atoms with Gasteiger partial charge in [0.05, 0.1) is 5.69 Å². The van der Waals surface area contributed by atoms with Crippen LogP contribution in [0.4, 0.5) is 10.1 Å². The summed E-state index contributed by atoms with van der Waals surface area (Å²) < 4.78 is 19.0. The first-order chi connectivity index (χ1) is 12.2. The van der Waals surface area contributed by atoms with Crippen LogP contribution in [-0.2, 0) is 4.79 Å². The number of amidine groups is 1. The molecule has 2 aromatic carbocycles. The van der Waals surface area contributed by atoms with Crippen molar-refractivity contribution in [3.63, 3.8) is 0 Å². The van der Waals surface area contributed by atoms with E-state index in [1.165, 1.54) is 12.1 Å². The molecule has 4 nitrogen and oxygen atoms in total. The van der Waals surface area contributed by atoms with E-state index >= 15 is 0 Å². The molecule has 1 aliphatic rings. The second-order valence-corrected chi connectivity index (χ2v) is 6.57. The number of nitrogens with zero attached hydrogens (tertiary/aromatic N) is 2. The lowest BCUT2D eigenvalue weighted by Gasteiger charge is -2.23. The first-order valence-electron chi connectivity index (χ1n) is 8.15. The molecule has 1 saturated heterocycles. The van der Waals surface area contributed by atoms with Gasteiger partial charge in [0.15, 0.2) is 23.3 Å². The number of amides is 1. The molecule has 0 radical (unpaired) electrons. The number of para-hydroxylation sites is 2. The van der Waals surface area contributed by atoms with E-state index in [2.05, 4.69) is 4.99 Å². The summed E-state index contributed by atoms with van der Waals surface area (Å²) >= 11 is 1.56. The largest absolute Gasteiger partial charge is 0.481 e. The minimum atomic E-state index is -0.476. The van der Waals surface area contributed by atoms with Gasteiger partial charge in [0.1, 0.15) is 0 Å². The fourth-order valence-corrected chi connectivity index (χ4v) is 3.84. The molecule has 1 atom stereocenters. The molecule has 1 amide bonds. The number of thioether (sulfide) groups is 1. The molecule has 0 aromatic heterocycles. The zero-order valence-corrected chi connectivity index (χ0v) is 14.7. The Balaban J connectivity index is 1.75. The van der Waals surface area contributed by atoms with Crippen molar-refractivity contribution in [3.8, 4) is 5.75 Å². The van der Waals surface area contributed by atoms with Crippen molar-refractivity contribution in [2.24, 2.45) is 4.99 Å².